The smallest absolute Gasteiger partial charge is 0.229 e. The van der Waals surface area contributed by atoms with Crippen LogP contribution in [-0.4, -0.2) is 58.5 Å². The summed E-state index contributed by atoms with van der Waals surface area (Å²) in [5.41, 5.74) is 4.14. The maximum atomic E-state index is 13.0. The number of amides is 1. The average Bonchev–Trinajstić information content (AvgIpc) is 3.06. The van der Waals surface area contributed by atoms with Crippen molar-refractivity contribution in [2.45, 2.75) is 26.9 Å². The number of hydrogen-bond acceptors (Lipinski definition) is 4. The van der Waals surface area contributed by atoms with E-state index in [-0.39, 0.29) is 11.8 Å². The van der Waals surface area contributed by atoms with Gasteiger partial charge in [0.05, 0.1) is 17.0 Å². The maximum absolute atomic E-state index is 13.0. The van der Waals surface area contributed by atoms with E-state index in [1.165, 1.54) is 5.56 Å². The number of anilines is 1. The predicted molar refractivity (Wildman–Crippen MR) is 121 cm³/mol. The number of piperazine rings is 1. The minimum atomic E-state index is -0.169. The molecule has 1 amide bonds. The summed E-state index contributed by atoms with van der Waals surface area (Å²) in [4.78, 5) is 22.4. The number of nitrogens with zero attached hydrogens (tertiary/aromatic N) is 4. The first-order chi connectivity index (χ1) is 14.5. The molecule has 1 atom stereocenters. The summed E-state index contributed by atoms with van der Waals surface area (Å²) >= 11 is 0. The fourth-order valence-corrected chi connectivity index (χ4v) is 4.07. The molecule has 1 aliphatic rings. The molecule has 2 aromatic carbocycles. The molecule has 0 unspecified atom stereocenters. The first kappa shape index (κ1) is 20.6. The number of benzene rings is 2. The lowest BCUT2D eigenvalue weighted by Crippen LogP contribution is -2.44. The number of aromatic nitrogens is 2. The molecule has 4 rings (SSSR count). The second-order valence-electron chi connectivity index (χ2n) is 8.39. The zero-order valence-electron chi connectivity index (χ0n) is 18.1. The van der Waals surface area contributed by atoms with Crippen molar-refractivity contribution in [3.63, 3.8) is 0 Å². The van der Waals surface area contributed by atoms with E-state index in [0.717, 1.165) is 55.3 Å². The number of imidazole rings is 1. The van der Waals surface area contributed by atoms with Gasteiger partial charge in [-0.3, -0.25) is 9.69 Å². The first-order valence-electron chi connectivity index (χ1n) is 10.7. The van der Waals surface area contributed by atoms with Crippen LogP contribution in [0.5, 0.6) is 0 Å². The van der Waals surface area contributed by atoms with Gasteiger partial charge in [0.15, 0.2) is 0 Å². The number of hydrogen-bond donors (Lipinski definition) is 1. The third-order valence-electron chi connectivity index (χ3n) is 6.01. The van der Waals surface area contributed by atoms with Crippen LogP contribution < -0.4 is 5.32 Å². The second kappa shape index (κ2) is 8.98. The van der Waals surface area contributed by atoms with Gasteiger partial charge < -0.3 is 14.8 Å². The van der Waals surface area contributed by atoms with Crippen molar-refractivity contribution in [1.82, 2.24) is 19.4 Å². The highest BCUT2D eigenvalue weighted by atomic mass is 16.1. The highest BCUT2D eigenvalue weighted by Crippen LogP contribution is 2.21. The number of likely N-dealkylation sites (N-methyl/N-ethyl adjacent to an activating group) is 1. The highest BCUT2D eigenvalue weighted by Gasteiger charge is 2.19. The minimum absolute atomic E-state index is 0.0398. The zero-order chi connectivity index (χ0) is 21.1. The molecule has 6 heteroatoms. The van der Waals surface area contributed by atoms with Crippen LogP contribution in [0.15, 0.2) is 48.5 Å². The molecule has 0 aliphatic carbocycles. The summed E-state index contributed by atoms with van der Waals surface area (Å²) in [6, 6.07) is 16.2. The number of carbonyl (C=O) groups excluding carboxylic acids is 1. The van der Waals surface area contributed by atoms with Gasteiger partial charge in [-0.15, -0.1) is 0 Å². The molecular weight excluding hydrogens is 374 g/mol. The van der Waals surface area contributed by atoms with Crippen LogP contribution in [0.4, 0.5) is 5.69 Å². The standard InChI is InChI=1S/C24H31N5O/c1-18(16-29-19(2)25-22-10-6-7-11-23(22)29)24(30)26-21-9-5-4-8-20(21)17-28-14-12-27(3)13-15-28/h4-11,18H,12-17H2,1-3H3,(H,26,30)/t18-/m1/s1. The third-order valence-corrected chi connectivity index (χ3v) is 6.01. The zero-order valence-corrected chi connectivity index (χ0v) is 18.1. The summed E-state index contributed by atoms with van der Waals surface area (Å²) < 4.78 is 2.13. The Kier molecular flexibility index (Phi) is 6.16. The number of rotatable bonds is 6. The molecule has 0 saturated carbocycles. The molecule has 0 spiro atoms. The fraction of sp³-hybridized carbons (Fsp3) is 0.417. The summed E-state index contributed by atoms with van der Waals surface area (Å²) in [5, 5.41) is 3.18. The topological polar surface area (TPSA) is 53.4 Å². The van der Waals surface area contributed by atoms with Crippen molar-refractivity contribution in [2.24, 2.45) is 5.92 Å². The van der Waals surface area contributed by atoms with E-state index < -0.39 is 0 Å². The van der Waals surface area contributed by atoms with Crippen molar-refractivity contribution in [3.05, 3.63) is 59.9 Å². The number of fused-ring (bicyclic) bond motifs is 1. The normalized spacial score (nSPS) is 16.6. The van der Waals surface area contributed by atoms with Crippen LogP contribution in [0.3, 0.4) is 0 Å². The van der Waals surface area contributed by atoms with Gasteiger partial charge in [0.1, 0.15) is 5.82 Å². The molecule has 3 aromatic rings. The molecule has 2 heterocycles. The minimum Gasteiger partial charge on any atom is -0.327 e. The van der Waals surface area contributed by atoms with Crippen molar-refractivity contribution in [3.8, 4) is 0 Å². The number of carbonyl (C=O) groups is 1. The van der Waals surface area contributed by atoms with E-state index in [2.05, 4.69) is 43.8 Å². The van der Waals surface area contributed by atoms with Crippen LogP contribution >= 0.6 is 0 Å². The van der Waals surface area contributed by atoms with Crippen molar-refractivity contribution in [2.75, 3.05) is 38.5 Å². The quantitative estimate of drug-likeness (QED) is 0.683. The van der Waals surface area contributed by atoms with Crippen LogP contribution in [0.2, 0.25) is 0 Å². The van der Waals surface area contributed by atoms with Gasteiger partial charge in [-0.25, -0.2) is 4.98 Å². The SMILES string of the molecule is Cc1nc2ccccc2n1C[C@@H](C)C(=O)Nc1ccccc1CN1CCN(C)CC1. The molecule has 0 radical (unpaired) electrons. The van der Waals surface area contributed by atoms with Gasteiger partial charge in [0.2, 0.25) is 5.91 Å². The molecule has 6 nitrogen and oxygen atoms in total. The number of aryl methyl sites for hydroxylation is 1. The summed E-state index contributed by atoms with van der Waals surface area (Å²) in [7, 11) is 2.16. The largest absolute Gasteiger partial charge is 0.327 e. The summed E-state index contributed by atoms with van der Waals surface area (Å²) in [6.07, 6.45) is 0. The Balaban J connectivity index is 1.44. The second-order valence-corrected chi connectivity index (χ2v) is 8.39. The van der Waals surface area contributed by atoms with E-state index >= 15 is 0 Å². The predicted octanol–water partition coefficient (Wildman–Crippen LogP) is 3.37. The molecule has 1 aromatic heterocycles. The summed E-state index contributed by atoms with van der Waals surface area (Å²) in [5.74, 6) is 0.808. The molecule has 1 N–H and O–H groups in total. The van der Waals surface area contributed by atoms with E-state index in [4.69, 9.17) is 0 Å². The third kappa shape index (κ3) is 4.55. The molecule has 158 valence electrons. The monoisotopic (exact) mass is 405 g/mol. The molecule has 30 heavy (non-hydrogen) atoms. The lowest BCUT2D eigenvalue weighted by atomic mass is 10.1. The Labute approximate surface area is 178 Å². The molecule has 1 aliphatic heterocycles. The van der Waals surface area contributed by atoms with Gasteiger partial charge in [0, 0.05) is 45.0 Å². The van der Waals surface area contributed by atoms with Gasteiger partial charge >= 0.3 is 0 Å². The Hall–Kier alpha value is -2.70. The molecule has 0 bridgehead atoms. The fourth-order valence-electron chi connectivity index (χ4n) is 4.07. The van der Waals surface area contributed by atoms with Gasteiger partial charge in [0.25, 0.3) is 0 Å². The molecular formula is C24H31N5O. The first-order valence-corrected chi connectivity index (χ1v) is 10.7. The van der Waals surface area contributed by atoms with Gasteiger partial charge in [-0.05, 0) is 37.7 Å². The average molecular weight is 406 g/mol. The van der Waals surface area contributed by atoms with Crippen LogP contribution in [0.1, 0.15) is 18.3 Å². The van der Waals surface area contributed by atoms with Crippen molar-refractivity contribution in [1.29, 1.82) is 0 Å². The number of nitrogens with one attached hydrogen (secondary N) is 1. The van der Waals surface area contributed by atoms with Crippen LogP contribution in [0.25, 0.3) is 11.0 Å². The van der Waals surface area contributed by atoms with E-state index in [0.29, 0.717) is 6.54 Å². The maximum Gasteiger partial charge on any atom is 0.229 e. The molecule has 1 saturated heterocycles. The number of para-hydroxylation sites is 3. The summed E-state index contributed by atoms with van der Waals surface area (Å²) in [6.45, 7) is 9.74. The Bertz CT molecular complexity index is 1020. The van der Waals surface area contributed by atoms with Crippen LogP contribution in [0, 0.1) is 12.8 Å². The Morgan fingerprint density at radius 2 is 1.77 bits per heavy atom. The Morgan fingerprint density at radius 1 is 1.07 bits per heavy atom. The lowest BCUT2D eigenvalue weighted by Gasteiger charge is -2.32. The van der Waals surface area contributed by atoms with Crippen molar-refractivity contribution < 1.29 is 4.79 Å². The lowest BCUT2D eigenvalue weighted by molar-refractivity contribution is -0.119. The van der Waals surface area contributed by atoms with Crippen molar-refractivity contribution >= 4 is 22.6 Å². The Morgan fingerprint density at radius 3 is 2.57 bits per heavy atom. The van der Waals surface area contributed by atoms with Crippen LogP contribution in [-0.2, 0) is 17.9 Å². The van der Waals surface area contributed by atoms with Gasteiger partial charge in [-0.2, -0.15) is 0 Å². The molecule has 1 fully saturated rings. The highest BCUT2D eigenvalue weighted by molar-refractivity contribution is 5.93. The van der Waals surface area contributed by atoms with E-state index in [1.54, 1.807) is 0 Å². The van der Waals surface area contributed by atoms with E-state index in [9.17, 15) is 4.79 Å². The van der Waals surface area contributed by atoms with E-state index in [1.807, 2.05) is 50.2 Å². The van der Waals surface area contributed by atoms with Gasteiger partial charge in [-0.1, -0.05) is 37.3 Å².